The SMILES string of the molecule is CC[C@H]1O[C@@H]([B]NC)[C@@H](C)C1O.CC[C@H]1O[C@@H]([B]NC)[C@@H](C)C1OP(C)C.CP(C)C. The molecule has 0 bridgehead atoms. The molecule has 2 aliphatic heterocycles. The molecular formula is C21H48B2N2O4P2. The summed E-state index contributed by atoms with van der Waals surface area (Å²) in [6.07, 6.45) is 2.09. The van der Waals surface area contributed by atoms with Crippen LogP contribution in [0.4, 0.5) is 0 Å². The van der Waals surface area contributed by atoms with Gasteiger partial charge in [-0.2, -0.15) is 0 Å². The number of hydrogen-bond donors (Lipinski definition) is 3. The van der Waals surface area contributed by atoms with E-state index >= 15 is 0 Å². The highest BCUT2D eigenvalue weighted by Crippen LogP contribution is 2.39. The van der Waals surface area contributed by atoms with Crippen LogP contribution in [0.1, 0.15) is 40.5 Å². The molecule has 2 fully saturated rings. The van der Waals surface area contributed by atoms with Crippen LogP contribution in [-0.2, 0) is 14.0 Å². The monoisotopic (exact) mass is 476 g/mol. The van der Waals surface area contributed by atoms with Gasteiger partial charge in [-0.05, 0) is 60.3 Å². The Balaban J connectivity index is 0.000000504. The summed E-state index contributed by atoms with van der Waals surface area (Å²) in [6.45, 7) is 19.4. The average Bonchev–Trinajstić information content (AvgIpc) is 3.13. The molecule has 10 heteroatoms. The van der Waals surface area contributed by atoms with Crippen molar-refractivity contribution in [1.29, 1.82) is 0 Å². The predicted octanol–water partition coefficient (Wildman–Crippen LogP) is 2.95. The third kappa shape index (κ3) is 11.6. The van der Waals surface area contributed by atoms with Crippen molar-refractivity contribution in [3.8, 4) is 0 Å². The number of nitrogens with one attached hydrogen (secondary N) is 2. The number of hydrogen-bond acceptors (Lipinski definition) is 6. The molecule has 2 rings (SSSR count). The van der Waals surface area contributed by atoms with Crippen molar-refractivity contribution in [3.63, 3.8) is 0 Å². The predicted molar refractivity (Wildman–Crippen MR) is 140 cm³/mol. The topological polar surface area (TPSA) is 72.0 Å². The maximum atomic E-state index is 9.68. The Morgan fingerprint density at radius 1 is 0.839 bits per heavy atom. The van der Waals surface area contributed by atoms with Crippen LogP contribution in [0.15, 0.2) is 0 Å². The lowest BCUT2D eigenvalue weighted by molar-refractivity contribution is 0.0285. The lowest BCUT2D eigenvalue weighted by atomic mass is 9.77. The molecule has 0 amide bonds. The maximum absolute atomic E-state index is 9.68. The molecule has 0 spiro atoms. The second-order valence-corrected chi connectivity index (χ2v) is 13.5. The molecule has 2 saturated heterocycles. The van der Waals surface area contributed by atoms with Crippen LogP contribution in [0.2, 0.25) is 0 Å². The summed E-state index contributed by atoms with van der Waals surface area (Å²) in [5.74, 6) is 0.634. The number of rotatable bonds is 8. The van der Waals surface area contributed by atoms with Gasteiger partial charge in [-0.3, -0.25) is 0 Å². The first-order valence-corrected chi connectivity index (χ1v) is 16.3. The van der Waals surface area contributed by atoms with Gasteiger partial charge in [0.1, 0.15) is 0 Å². The third-order valence-electron chi connectivity index (χ3n) is 5.30. The van der Waals surface area contributed by atoms with Crippen LogP contribution in [0.25, 0.3) is 0 Å². The molecule has 6 nitrogen and oxygen atoms in total. The van der Waals surface area contributed by atoms with Crippen molar-refractivity contribution < 1.29 is 19.1 Å². The summed E-state index contributed by atoms with van der Waals surface area (Å²) in [4.78, 5) is 0. The minimum Gasteiger partial charge on any atom is -0.390 e. The van der Waals surface area contributed by atoms with E-state index in [0.717, 1.165) is 12.8 Å². The largest absolute Gasteiger partial charge is 0.390 e. The summed E-state index contributed by atoms with van der Waals surface area (Å²) in [5.41, 5.74) is 0. The standard InChI is InChI=1S/C10H22BNO2P.C8H17BNO2.C3H9P/c1-6-8-9(14-15(4)5)7(2)10(13-8)11-12-3;1-4-6-7(11)5(2)8(12-6)9-10-3;1-4(2)3/h7-10,12H,6H2,1-5H3;5-8,10-11H,4H2,1-3H3;1-3H3/t7-,8+,9?,10+;5-,6+,7?,8+;/m00./s1. The maximum Gasteiger partial charge on any atom is 0.241 e. The van der Waals surface area contributed by atoms with E-state index < -0.39 is 0 Å². The summed E-state index contributed by atoms with van der Waals surface area (Å²) >= 11 is 0. The van der Waals surface area contributed by atoms with Crippen LogP contribution in [0, 0.1) is 11.8 Å². The molecule has 3 N–H and O–H groups in total. The van der Waals surface area contributed by atoms with E-state index in [-0.39, 0.29) is 50.5 Å². The van der Waals surface area contributed by atoms with Crippen molar-refractivity contribution >= 4 is 30.9 Å². The molecule has 0 saturated carbocycles. The minimum atomic E-state index is -0.315. The molecule has 2 radical (unpaired) electrons. The van der Waals surface area contributed by atoms with Gasteiger partial charge in [-0.25, -0.2) is 0 Å². The van der Waals surface area contributed by atoms with Crippen molar-refractivity contribution in [2.45, 2.75) is 77.0 Å². The minimum absolute atomic E-state index is 0.00889. The van der Waals surface area contributed by atoms with E-state index in [1.165, 1.54) is 0 Å². The summed E-state index contributed by atoms with van der Waals surface area (Å²) in [6, 6.07) is 0.231. The molecule has 0 aromatic heterocycles. The number of aliphatic hydroxyl groups excluding tert-OH is 1. The highest BCUT2D eigenvalue weighted by atomic mass is 31.1. The first-order valence-electron chi connectivity index (χ1n) is 11.5. The highest BCUT2D eigenvalue weighted by Gasteiger charge is 2.42. The van der Waals surface area contributed by atoms with Crippen LogP contribution < -0.4 is 10.5 Å². The van der Waals surface area contributed by atoms with Gasteiger partial charge >= 0.3 is 0 Å². The molecular weight excluding hydrogens is 428 g/mol. The molecule has 182 valence electrons. The van der Waals surface area contributed by atoms with Gasteiger partial charge in [0, 0.05) is 32.0 Å². The average molecular weight is 476 g/mol. The molecule has 0 aromatic rings. The molecule has 2 unspecified atom stereocenters. The van der Waals surface area contributed by atoms with Crippen LogP contribution in [0.3, 0.4) is 0 Å². The summed E-state index contributed by atoms with van der Waals surface area (Å²) in [7, 11) is 7.74. The Bertz CT molecular complexity index is 453. The molecule has 8 atom stereocenters. The molecule has 31 heavy (non-hydrogen) atoms. The molecule has 2 aliphatic rings. The zero-order chi connectivity index (χ0) is 24.1. The number of aliphatic hydroxyl groups is 1. The highest BCUT2D eigenvalue weighted by molar-refractivity contribution is 7.55. The van der Waals surface area contributed by atoms with E-state index in [9.17, 15) is 5.11 Å². The van der Waals surface area contributed by atoms with Crippen molar-refractivity contribution in [3.05, 3.63) is 0 Å². The fourth-order valence-electron chi connectivity index (χ4n) is 3.65. The summed E-state index contributed by atoms with van der Waals surface area (Å²) in [5, 5.41) is 15.7. The Kier molecular flexibility index (Phi) is 17.6. The van der Waals surface area contributed by atoms with Gasteiger partial charge in [0.25, 0.3) is 0 Å². The smallest absolute Gasteiger partial charge is 0.241 e. The van der Waals surface area contributed by atoms with Crippen LogP contribution in [0.5, 0.6) is 0 Å². The number of ether oxygens (including phenoxy) is 2. The molecule has 0 aromatic carbocycles. The lowest BCUT2D eigenvalue weighted by Crippen LogP contribution is -2.34. The fraction of sp³-hybridized carbons (Fsp3) is 1.00. The normalized spacial score (nSPS) is 34.8. The zero-order valence-electron chi connectivity index (χ0n) is 21.8. The van der Waals surface area contributed by atoms with Crippen molar-refractivity contribution in [2.24, 2.45) is 11.8 Å². The first kappa shape index (κ1) is 31.7. The Morgan fingerprint density at radius 2 is 1.26 bits per heavy atom. The van der Waals surface area contributed by atoms with Gasteiger partial charge in [-0.1, -0.05) is 27.7 Å². The second kappa shape index (κ2) is 17.2. The Morgan fingerprint density at radius 3 is 1.61 bits per heavy atom. The van der Waals surface area contributed by atoms with E-state index in [0.29, 0.717) is 13.8 Å². The lowest BCUT2D eigenvalue weighted by Gasteiger charge is -2.23. The molecule has 0 aliphatic carbocycles. The Labute approximate surface area is 196 Å². The summed E-state index contributed by atoms with van der Waals surface area (Å²) < 4.78 is 17.5. The van der Waals surface area contributed by atoms with Gasteiger partial charge in [0.15, 0.2) is 0 Å². The van der Waals surface area contributed by atoms with E-state index in [2.05, 4.69) is 57.6 Å². The quantitative estimate of drug-likeness (QED) is 0.370. The first-order chi connectivity index (χ1) is 14.5. The van der Waals surface area contributed by atoms with E-state index in [4.69, 9.17) is 14.0 Å². The van der Waals surface area contributed by atoms with Crippen molar-refractivity contribution in [2.75, 3.05) is 47.4 Å². The molecule has 2 heterocycles. The third-order valence-corrected chi connectivity index (χ3v) is 5.97. The van der Waals surface area contributed by atoms with Gasteiger partial charge in [0.2, 0.25) is 14.8 Å². The van der Waals surface area contributed by atoms with Gasteiger partial charge in [-0.15, -0.1) is 7.92 Å². The van der Waals surface area contributed by atoms with Crippen LogP contribution >= 0.6 is 16.1 Å². The van der Waals surface area contributed by atoms with E-state index in [1.807, 2.05) is 42.8 Å². The second-order valence-electron chi connectivity index (χ2n) is 8.94. The van der Waals surface area contributed by atoms with Crippen LogP contribution in [-0.4, -0.2) is 104 Å². The zero-order valence-corrected chi connectivity index (χ0v) is 23.5. The van der Waals surface area contributed by atoms with Crippen molar-refractivity contribution in [1.82, 2.24) is 10.5 Å². The van der Waals surface area contributed by atoms with E-state index in [1.54, 1.807) is 0 Å². The van der Waals surface area contributed by atoms with Gasteiger partial charge in [0.05, 0.1) is 24.4 Å². The van der Waals surface area contributed by atoms with Gasteiger partial charge < -0.3 is 29.6 Å². The Hall–Kier alpha value is 0.750. The fourth-order valence-corrected chi connectivity index (χ4v) is 4.47.